The molecule has 2 fully saturated rings. The number of pyridine rings is 1. The van der Waals surface area contributed by atoms with Crippen LogP contribution in [0.3, 0.4) is 0 Å². The van der Waals surface area contributed by atoms with Crippen LogP contribution in [0.25, 0.3) is 27.4 Å². The first-order valence-corrected chi connectivity index (χ1v) is 15.0. The third-order valence-electron chi connectivity index (χ3n) is 9.10. The maximum absolute atomic E-state index is 15.9. The smallest absolute Gasteiger partial charge is 0.256 e. The van der Waals surface area contributed by atoms with E-state index in [4.69, 9.17) is 10.5 Å². The second kappa shape index (κ2) is 10.7. The Morgan fingerprint density at radius 2 is 1.93 bits per heavy atom. The molecule has 0 radical (unpaired) electrons. The van der Waals surface area contributed by atoms with E-state index in [0.717, 1.165) is 36.7 Å². The number of piperidine rings is 1. The number of carbonyl (C=O) groups excluding carboxylic acids is 1. The molecule has 2 atom stereocenters. The van der Waals surface area contributed by atoms with Gasteiger partial charge in [0.25, 0.3) is 5.91 Å². The number of halogens is 1. The molecule has 218 valence electrons. The van der Waals surface area contributed by atoms with Crippen LogP contribution in [0.15, 0.2) is 53.5 Å². The van der Waals surface area contributed by atoms with Crippen LogP contribution in [-0.4, -0.2) is 60.2 Å². The number of nitrogens with two attached hydrogens (primary N) is 1. The first-order valence-electron chi connectivity index (χ1n) is 15.0. The standard InChI is InChI=1S/C33H36FN5O3/c1-20-7-4-5-12-37(20)13-6-11-36-33(41)25-19-39-27-15-21-8-2-3-9-22(21)16-28(27)42-32-29(39)24(31(25)40)17-26(34)30(32)38-14-10-23(35)18-38/h2-3,8-9,15-17,19-20,23H,4-7,10-14,18,35H2,1H3,(H,36,41)/t20?,23-/m1/s1. The highest BCUT2D eigenvalue weighted by Crippen LogP contribution is 2.48. The molecular formula is C33H36FN5O3. The average molecular weight is 570 g/mol. The monoisotopic (exact) mass is 569 g/mol. The van der Waals surface area contributed by atoms with Gasteiger partial charge in [0.1, 0.15) is 16.8 Å². The Hall–Kier alpha value is -3.95. The van der Waals surface area contributed by atoms with Crippen molar-refractivity contribution in [3.63, 3.8) is 0 Å². The number of aromatic nitrogens is 1. The molecule has 3 aromatic carbocycles. The number of fused-ring (bicyclic) bond motifs is 3. The van der Waals surface area contributed by atoms with E-state index >= 15 is 4.39 Å². The molecule has 4 heterocycles. The van der Waals surface area contributed by atoms with Crippen molar-refractivity contribution < 1.29 is 13.9 Å². The van der Waals surface area contributed by atoms with Crippen LogP contribution in [0.1, 0.15) is 49.4 Å². The molecule has 2 saturated heterocycles. The number of rotatable bonds is 6. The van der Waals surface area contributed by atoms with E-state index in [2.05, 4.69) is 17.1 Å². The lowest BCUT2D eigenvalue weighted by Crippen LogP contribution is -2.39. The first kappa shape index (κ1) is 26.9. The molecule has 1 aromatic heterocycles. The molecule has 0 bridgehead atoms. The van der Waals surface area contributed by atoms with Crippen molar-refractivity contribution >= 4 is 33.3 Å². The Morgan fingerprint density at radius 3 is 2.69 bits per heavy atom. The van der Waals surface area contributed by atoms with E-state index in [1.165, 1.54) is 25.3 Å². The van der Waals surface area contributed by atoms with Crippen LogP contribution in [0.4, 0.5) is 10.1 Å². The zero-order valence-electron chi connectivity index (χ0n) is 23.9. The predicted molar refractivity (Wildman–Crippen MR) is 164 cm³/mol. The van der Waals surface area contributed by atoms with Gasteiger partial charge >= 0.3 is 0 Å². The maximum Gasteiger partial charge on any atom is 0.256 e. The number of benzene rings is 3. The van der Waals surface area contributed by atoms with Crippen molar-refractivity contribution in [3.05, 3.63) is 70.3 Å². The van der Waals surface area contributed by atoms with Gasteiger partial charge in [-0.1, -0.05) is 30.7 Å². The molecule has 9 heteroatoms. The molecule has 3 N–H and O–H groups in total. The van der Waals surface area contributed by atoms with Crippen molar-refractivity contribution in [1.29, 1.82) is 0 Å². The van der Waals surface area contributed by atoms with Crippen LogP contribution in [0, 0.1) is 5.82 Å². The third-order valence-corrected chi connectivity index (χ3v) is 9.10. The zero-order valence-corrected chi connectivity index (χ0v) is 23.9. The normalized spacial score (nSPS) is 20.1. The summed E-state index contributed by atoms with van der Waals surface area (Å²) in [6.45, 7) is 5.77. The molecule has 42 heavy (non-hydrogen) atoms. The average Bonchev–Trinajstić information content (AvgIpc) is 3.41. The van der Waals surface area contributed by atoms with Crippen LogP contribution >= 0.6 is 0 Å². The van der Waals surface area contributed by atoms with Gasteiger partial charge in [0.05, 0.1) is 11.1 Å². The number of nitrogens with one attached hydrogen (secondary N) is 1. The largest absolute Gasteiger partial charge is 0.451 e. The van der Waals surface area contributed by atoms with Gasteiger partial charge in [-0.05, 0) is 68.1 Å². The number of likely N-dealkylation sites (tertiary alicyclic amines) is 1. The predicted octanol–water partition coefficient (Wildman–Crippen LogP) is 4.92. The second-order valence-corrected chi connectivity index (χ2v) is 11.9. The molecule has 0 saturated carbocycles. The SMILES string of the molecule is CC1CCCCN1CCCNC(=O)c1cn2c3c(c(N4CC[C@@H](N)C4)c(F)cc3c1=O)Oc1cc3ccccc3cc1-2. The van der Waals surface area contributed by atoms with Gasteiger partial charge in [-0.2, -0.15) is 0 Å². The maximum atomic E-state index is 15.9. The molecule has 4 aromatic rings. The summed E-state index contributed by atoms with van der Waals surface area (Å²) in [6, 6.07) is 13.5. The summed E-state index contributed by atoms with van der Waals surface area (Å²) in [7, 11) is 0. The summed E-state index contributed by atoms with van der Waals surface area (Å²) in [5.74, 6) is -0.208. The minimum absolute atomic E-state index is 0.0175. The fourth-order valence-corrected chi connectivity index (χ4v) is 6.81. The minimum atomic E-state index is -0.562. The summed E-state index contributed by atoms with van der Waals surface area (Å²) >= 11 is 0. The number of anilines is 1. The Morgan fingerprint density at radius 1 is 1.12 bits per heavy atom. The Balaban J connectivity index is 1.30. The Bertz CT molecular complexity index is 1770. The van der Waals surface area contributed by atoms with Gasteiger partial charge in [0, 0.05) is 44.5 Å². The molecule has 8 nitrogen and oxygen atoms in total. The van der Waals surface area contributed by atoms with E-state index in [0.29, 0.717) is 48.3 Å². The van der Waals surface area contributed by atoms with E-state index in [9.17, 15) is 9.59 Å². The number of amides is 1. The van der Waals surface area contributed by atoms with Crippen molar-refractivity contribution in [2.75, 3.05) is 37.6 Å². The summed E-state index contributed by atoms with van der Waals surface area (Å²) in [5.41, 5.74) is 7.08. The molecule has 1 unspecified atom stereocenters. The van der Waals surface area contributed by atoms with Crippen LogP contribution in [0.5, 0.6) is 11.5 Å². The molecule has 0 spiro atoms. The van der Waals surface area contributed by atoms with Crippen molar-refractivity contribution in [2.45, 2.75) is 51.1 Å². The lowest BCUT2D eigenvalue weighted by Gasteiger charge is -2.33. The molecular weight excluding hydrogens is 533 g/mol. The number of hydrogen-bond donors (Lipinski definition) is 2. The van der Waals surface area contributed by atoms with E-state index in [-0.39, 0.29) is 22.7 Å². The van der Waals surface area contributed by atoms with Crippen molar-refractivity contribution in [2.24, 2.45) is 5.73 Å². The molecule has 3 aliphatic rings. The number of nitrogens with zero attached hydrogens (tertiary/aromatic N) is 3. The highest BCUT2D eigenvalue weighted by molar-refractivity contribution is 6.02. The molecule has 3 aliphatic heterocycles. The molecule has 0 aliphatic carbocycles. The topological polar surface area (TPSA) is 92.8 Å². The first-order chi connectivity index (χ1) is 20.4. The van der Waals surface area contributed by atoms with Crippen LogP contribution in [-0.2, 0) is 0 Å². The van der Waals surface area contributed by atoms with Crippen LogP contribution in [0.2, 0.25) is 0 Å². The lowest BCUT2D eigenvalue weighted by molar-refractivity contribution is 0.0947. The highest BCUT2D eigenvalue weighted by Gasteiger charge is 2.33. The number of hydrogen-bond acceptors (Lipinski definition) is 6. The van der Waals surface area contributed by atoms with Crippen molar-refractivity contribution in [3.8, 4) is 17.2 Å². The summed E-state index contributed by atoms with van der Waals surface area (Å²) in [6.07, 6.45) is 6.79. The zero-order chi connectivity index (χ0) is 29.0. The van der Waals surface area contributed by atoms with Gasteiger partial charge in [0.2, 0.25) is 5.43 Å². The summed E-state index contributed by atoms with van der Waals surface area (Å²) in [4.78, 5) is 31.5. The number of carbonyl (C=O) groups is 1. The van der Waals surface area contributed by atoms with Gasteiger partial charge in [-0.3, -0.25) is 9.59 Å². The molecule has 7 rings (SSSR count). The Labute approximate surface area is 243 Å². The minimum Gasteiger partial charge on any atom is -0.451 e. The van der Waals surface area contributed by atoms with Gasteiger partial charge in [-0.25, -0.2) is 4.39 Å². The number of ether oxygens (including phenoxy) is 1. The van der Waals surface area contributed by atoms with Crippen molar-refractivity contribution in [1.82, 2.24) is 14.8 Å². The second-order valence-electron chi connectivity index (χ2n) is 11.9. The Kier molecular flexibility index (Phi) is 6.86. The van der Waals surface area contributed by atoms with E-state index < -0.39 is 17.2 Å². The lowest BCUT2D eigenvalue weighted by atomic mass is 10.0. The van der Waals surface area contributed by atoms with Gasteiger partial charge in [0.15, 0.2) is 17.3 Å². The van der Waals surface area contributed by atoms with E-state index in [1.54, 1.807) is 6.20 Å². The van der Waals surface area contributed by atoms with Crippen LogP contribution < -0.4 is 26.1 Å². The quantitative estimate of drug-likeness (QED) is 0.282. The summed E-state index contributed by atoms with van der Waals surface area (Å²) < 4.78 is 24.1. The summed E-state index contributed by atoms with van der Waals surface area (Å²) in [5, 5.41) is 5.02. The fourth-order valence-electron chi connectivity index (χ4n) is 6.81. The van der Waals surface area contributed by atoms with E-state index in [1.807, 2.05) is 45.9 Å². The fraction of sp³-hybridized carbons (Fsp3) is 0.394. The highest BCUT2D eigenvalue weighted by atomic mass is 19.1. The molecule has 1 amide bonds. The third kappa shape index (κ3) is 4.61. The van der Waals surface area contributed by atoms with Gasteiger partial charge in [-0.15, -0.1) is 0 Å². The van der Waals surface area contributed by atoms with Gasteiger partial charge < -0.3 is 30.2 Å².